The summed E-state index contributed by atoms with van der Waals surface area (Å²) in [5.74, 6) is -1.02. The van der Waals surface area contributed by atoms with Crippen molar-refractivity contribution in [3.63, 3.8) is 0 Å². The van der Waals surface area contributed by atoms with Crippen LogP contribution in [0.3, 0.4) is 0 Å². The van der Waals surface area contributed by atoms with Crippen LogP contribution in [0.15, 0.2) is 12.3 Å². The Morgan fingerprint density at radius 3 is 2.76 bits per heavy atom. The number of aliphatic hydroxyl groups is 2. The number of aromatic nitrogens is 1. The van der Waals surface area contributed by atoms with Gasteiger partial charge in [0.15, 0.2) is 0 Å². The number of primary amides is 1. The Balaban J connectivity index is 3.01. The first-order chi connectivity index (χ1) is 7.97. The maximum Gasteiger partial charge on any atom is 0.406 e. The summed E-state index contributed by atoms with van der Waals surface area (Å²) in [6.07, 6.45) is -1.47. The minimum atomic E-state index is -1.65. The lowest BCUT2D eigenvalue weighted by atomic mass is 10.1. The molecule has 0 unspecified atom stereocenters. The quantitative estimate of drug-likeness (QED) is 0.710. The summed E-state index contributed by atoms with van der Waals surface area (Å²) >= 11 is 11.6. The molecule has 0 aliphatic heterocycles. The van der Waals surface area contributed by atoms with Crippen LogP contribution in [0.1, 0.15) is 11.6 Å². The molecule has 17 heavy (non-hydrogen) atoms. The van der Waals surface area contributed by atoms with Crippen LogP contribution in [0, 0.1) is 0 Å². The number of carbonyl (C=O) groups excluding carboxylic acids is 1. The van der Waals surface area contributed by atoms with Gasteiger partial charge in [-0.05, 0) is 6.07 Å². The largest absolute Gasteiger partial charge is 0.419 e. The van der Waals surface area contributed by atoms with Crippen LogP contribution in [0.2, 0.25) is 10.0 Å². The molecule has 0 saturated heterocycles. The molecule has 0 aromatic carbocycles. The second-order valence-electron chi connectivity index (χ2n) is 3.11. The van der Waals surface area contributed by atoms with Crippen LogP contribution in [0.4, 0.5) is 4.79 Å². The molecule has 1 aromatic rings. The number of pyridine rings is 1. The minimum Gasteiger partial charge on any atom is -0.419 e. The molecule has 0 saturated carbocycles. The van der Waals surface area contributed by atoms with Crippen molar-refractivity contribution in [1.29, 1.82) is 0 Å². The van der Waals surface area contributed by atoms with E-state index in [9.17, 15) is 9.90 Å². The average molecular weight is 281 g/mol. The van der Waals surface area contributed by atoms with E-state index >= 15 is 0 Å². The van der Waals surface area contributed by atoms with Crippen molar-refractivity contribution >= 4 is 29.3 Å². The zero-order valence-electron chi connectivity index (χ0n) is 8.51. The van der Waals surface area contributed by atoms with Gasteiger partial charge in [-0.15, -0.1) is 0 Å². The molecule has 4 N–H and O–H groups in total. The molecule has 0 spiro atoms. The monoisotopic (exact) mass is 280 g/mol. The fourth-order valence-electron chi connectivity index (χ4n) is 1.21. The first-order valence-electron chi connectivity index (χ1n) is 4.52. The average Bonchev–Trinajstić information content (AvgIpc) is 2.24. The molecule has 1 heterocycles. The summed E-state index contributed by atoms with van der Waals surface area (Å²) in [7, 11) is 0. The van der Waals surface area contributed by atoms with Crippen LogP contribution in [0.25, 0.3) is 0 Å². The van der Waals surface area contributed by atoms with Gasteiger partial charge in [-0.2, -0.15) is 0 Å². The second kappa shape index (κ2) is 6.02. The minimum absolute atomic E-state index is 0.0698. The lowest BCUT2D eigenvalue weighted by Gasteiger charge is -2.20. The molecule has 6 nitrogen and oxygen atoms in total. The fraction of sp³-hybridized carbons (Fsp3) is 0.333. The topological polar surface area (TPSA) is 106 Å². The van der Waals surface area contributed by atoms with Gasteiger partial charge in [0.1, 0.15) is 0 Å². The Labute approximate surface area is 107 Å². The van der Waals surface area contributed by atoms with Crippen molar-refractivity contribution in [1.82, 2.24) is 4.98 Å². The normalized spacial score (nSPS) is 14.1. The van der Waals surface area contributed by atoms with Crippen molar-refractivity contribution in [2.45, 2.75) is 12.2 Å². The SMILES string of the molecule is NC(=O)O[C@@H](O)[C@@H](CO)c1nccc(Cl)c1Cl. The Morgan fingerprint density at radius 2 is 2.24 bits per heavy atom. The molecule has 1 amide bonds. The maximum absolute atomic E-state index is 10.5. The molecule has 0 radical (unpaired) electrons. The highest BCUT2D eigenvalue weighted by Crippen LogP contribution is 2.30. The van der Waals surface area contributed by atoms with Crippen molar-refractivity contribution in [3.05, 3.63) is 28.0 Å². The van der Waals surface area contributed by atoms with E-state index in [1.165, 1.54) is 12.3 Å². The molecular weight excluding hydrogens is 271 g/mol. The third kappa shape index (κ3) is 3.44. The number of nitrogens with zero attached hydrogens (tertiary/aromatic N) is 1. The lowest BCUT2D eigenvalue weighted by molar-refractivity contribution is -0.0767. The van der Waals surface area contributed by atoms with E-state index in [1.54, 1.807) is 0 Å². The van der Waals surface area contributed by atoms with Crippen LogP contribution in [0.5, 0.6) is 0 Å². The van der Waals surface area contributed by atoms with Crippen LogP contribution < -0.4 is 5.73 Å². The molecular formula is C9H10Cl2N2O4. The van der Waals surface area contributed by atoms with Gasteiger partial charge < -0.3 is 20.7 Å². The van der Waals surface area contributed by atoms with Gasteiger partial charge in [0, 0.05) is 6.20 Å². The van der Waals surface area contributed by atoms with Gasteiger partial charge in [0.25, 0.3) is 0 Å². The number of amides is 1. The summed E-state index contributed by atoms with van der Waals surface area (Å²) < 4.78 is 4.35. The van der Waals surface area contributed by atoms with E-state index in [-0.39, 0.29) is 15.7 Å². The van der Waals surface area contributed by atoms with Gasteiger partial charge in [-0.3, -0.25) is 4.98 Å². The van der Waals surface area contributed by atoms with E-state index in [2.05, 4.69) is 9.72 Å². The van der Waals surface area contributed by atoms with Crippen molar-refractivity contribution in [2.75, 3.05) is 6.61 Å². The van der Waals surface area contributed by atoms with Gasteiger partial charge in [-0.1, -0.05) is 23.2 Å². The standard InChI is InChI=1S/C9H10Cl2N2O4/c10-5-1-2-13-7(6(5)11)4(3-14)8(15)17-9(12)16/h1-2,4,8,14-15H,3H2,(H2,12,16)/t4-,8+/m0/s1. The number of hydrogen-bond acceptors (Lipinski definition) is 5. The summed E-state index contributed by atoms with van der Waals surface area (Å²) in [4.78, 5) is 14.4. The zero-order valence-corrected chi connectivity index (χ0v) is 10.0. The van der Waals surface area contributed by atoms with Crippen LogP contribution >= 0.6 is 23.2 Å². The summed E-state index contributed by atoms with van der Waals surface area (Å²) in [5, 5.41) is 18.9. The molecule has 0 aliphatic carbocycles. The molecule has 8 heteroatoms. The Kier molecular flexibility index (Phi) is 4.95. The highest BCUT2D eigenvalue weighted by molar-refractivity contribution is 6.42. The van der Waals surface area contributed by atoms with E-state index in [1.807, 2.05) is 0 Å². The molecule has 1 rings (SSSR count). The second-order valence-corrected chi connectivity index (χ2v) is 3.89. The fourth-order valence-corrected chi connectivity index (χ4v) is 1.61. The van der Waals surface area contributed by atoms with E-state index < -0.39 is 24.9 Å². The molecule has 2 atom stereocenters. The van der Waals surface area contributed by atoms with Crippen LogP contribution in [-0.4, -0.2) is 34.2 Å². The Hall–Kier alpha value is -1.08. The number of nitrogens with two attached hydrogens (primary N) is 1. The summed E-state index contributed by atoms with van der Waals surface area (Å²) in [6.45, 7) is -0.540. The number of aliphatic hydroxyl groups excluding tert-OH is 2. The number of carbonyl (C=O) groups is 1. The molecule has 94 valence electrons. The molecule has 1 aromatic heterocycles. The number of ether oxygens (including phenoxy) is 1. The van der Waals surface area contributed by atoms with E-state index in [4.69, 9.17) is 34.0 Å². The highest BCUT2D eigenvalue weighted by Gasteiger charge is 2.27. The Morgan fingerprint density at radius 1 is 1.59 bits per heavy atom. The Bertz CT molecular complexity index is 416. The predicted molar refractivity (Wildman–Crippen MR) is 60.8 cm³/mol. The van der Waals surface area contributed by atoms with Crippen molar-refractivity contribution in [3.8, 4) is 0 Å². The lowest BCUT2D eigenvalue weighted by Crippen LogP contribution is -2.30. The van der Waals surface area contributed by atoms with Gasteiger partial charge in [-0.25, -0.2) is 4.79 Å². The maximum atomic E-state index is 10.5. The zero-order chi connectivity index (χ0) is 13.0. The van der Waals surface area contributed by atoms with Gasteiger partial charge in [0.05, 0.1) is 28.3 Å². The molecule has 0 aliphatic rings. The smallest absolute Gasteiger partial charge is 0.406 e. The third-order valence-electron chi connectivity index (χ3n) is 2.00. The molecule has 0 fully saturated rings. The highest BCUT2D eigenvalue weighted by atomic mass is 35.5. The summed E-state index contributed by atoms with van der Waals surface area (Å²) in [6, 6.07) is 1.45. The molecule has 0 bridgehead atoms. The van der Waals surface area contributed by atoms with Gasteiger partial charge >= 0.3 is 6.09 Å². The van der Waals surface area contributed by atoms with E-state index in [0.717, 1.165) is 0 Å². The number of rotatable bonds is 4. The third-order valence-corrected chi connectivity index (χ3v) is 2.81. The first kappa shape index (κ1) is 14.0. The number of hydrogen-bond donors (Lipinski definition) is 3. The predicted octanol–water partition coefficient (Wildman–Crippen LogP) is 0.878. The van der Waals surface area contributed by atoms with Crippen LogP contribution in [-0.2, 0) is 4.74 Å². The van der Waals surface area contributed by atoms with E-state index in [0.29, 0.717) is 0 Å². The first-order valence-corrected chi connectivity index (χ1v) is 5.28. The summed E-state index contributed by atoms with van der Waals surface area (Å²) in [5.41, 5.74) is 4.87. The van der Waals surface area contributed by atoms with Crippen molar-refractivity contribution in [2.24, 2.45) is 5.73 Å². The number of halogens is 2. The van der Waals surface area contributed by atoms with Gasteiger partial charge in [0.2, 0.25) is 6.29 Å². The van der Waals surface area contributed by atoms with Crippen molar-refractivity contribution < 1.29 is 19.7 Å².